The number of benzene rings is 2. The van der Waals surface area contributed by atoms with Crippen LogP contribution in [-0.4, -0.2) is 23.3 Å². The zero-order valence-electron chi connectivity index (χ0n) is 13.2. The van der Waals surface area contributed by atoms with Crippen molar-refractivity contribution in [2.45, 2.75) is 13.5 Å². The van der Waals surface area contributed by atoms with Crippen molar-refractivity contribution in [2.75, 3.05) is 18.2 Å². The Morgan fingerprint density at radius 1 is 1.12 bits per heavy atom. The summed E-state index contributed by atoms with van der Waals surface area (Å²) in [5.41, 5.74) is 1.65. The average Bonchev–Trinajstić information content (AvgIpc) is 3.07. The average molecular weight is 325 g/mol. The van der Waals surface area contributed by atoms with Gasteiger partial charge < -0.3 is 14.4 Å². The van der Waals surface area contributed by atoms with Gasteiger partial charge >= 0.3 is 0 Å². The Kier molecular flexibility index (Phi) is 3.65. The number of ether oxygens (including phenoxy) is 2. The Labute approximate surface area is 138 Å². The van der Waals surface area contributed by atoms with Crippen LogP contribution >= 0.6 is 0 Å². The van der Waals surface area contributed by atoms with Crippen molar-refractivity contribution in [3.63, 3.8) is 0 Å². The minimum Gasteiger partial charge on any atom is -0.454 e. The standard InChI is InChI=1S/C18H16FN3O2/c1-2-22(9-12-6-7-15-16(8-12)24-11-23-15)18-17-13(19)4-3-5-14(17)20-10-21-18/h3-8,10H,2,9,11H2,1H3. The summed E-state index contributed by atoms with van der Waals surface area (Å²) in [4.78, 5) is 10.5. The van der Waals surface area contributed by atoms with Crippen molar-refractivity contribution in [1.29, 1.82) is 0 Å². The molecule has 3 aromatic rings. The zero-order valence-corrected chi connectivity index (χ0v) is 13.2. The molecule has 0 aliphatic carbocycles. The van der Waals surface area contributed by atoms with E-state index in [9.17, 15) is 4.39 Å². The fourth-order valence-electron chi connectivity index (χ4n) is 2.89. The zero-order chi connectivity index (χ0) is 16.5. The highest BCUT2D eigenvalue weighted by atomic mass is 19.1. The normalized spacial score (nSPS) is 12.6. The van der Waals surface area contributed by atoms with Gasteiger partial charge in [-0.05, 0) is 36.8 Å². The lowest BCUT2D eigenvalue weighted by Gasteiger charge is -2.23. The van der Waals surface area contributed by atoms with Gasteiger partial charge in [0, 0.05) is 13.1 Å². The molecular formula is C18H16FN3O2. The highest BCUT2D eigenvalue weighted by Gasteiger charge is 2.17. The monoisotopic (exact) mass is 325 g/mol. The van der Waals surface area contributed by atoms with Gasteiger partial charge in [0.1, 0.15) is 18.0 Å². The molecule has 0 saturated carbocycles. The first-order chi connectivity index (χ1) is 11.8. The molecule has 5 nitrogen and oxygen atoms in total. The Morgan fingerprint density at radius 3 is 2.88 bits per heavy atom. The number of hydrogen-bond donors (Lipinski definition) is 0. The molecule has 4 rings (SSSR count). The number of hydrogen-bond acceptors (Lipinski definition) is 5. The Balaban J connectivity index is 1.72. The number of aromatic nitrogens is 2. The third kappa shape index (κ3) is 2.50. The van der Waals surface area contributed by atoms with Crippen molar-refractivity contribution in [1.82, 2.24) is 9.97 Å². The van der Waals surface area contributed by atoms with E-state index in [-0.39, 0.29) is 12.6 Å². The first kappa shape index (κ1) is 14.7. The highest BCUT2D eigenvalue weighted by Crippen LogP contribution is 2.33. The lowest BCUT2D eigenvalue weighted by molar-refractivity contribution is 0.174. The van der Waals surface area contributed by atoms with Crippen LogP contribution in [0.5, 0.6) is 11.5 Å². The van der Waals surface area contributed by atoms with E-state index < -0.39 is 0 Å². The molecule has 0 atom stereocenters. The van der Waals surface area contributed by atoms with E-state index in [0.717, 1.165) is 17.1 Å². The van der Waals surface area contributed by atoms with E-state index in [1.165, 1.54) is 12.4 Å². The Bertz CT molecular complexity index is 895. The van der Waals surface area contributed by atoms with Gasteiger partial charge in [-0.25, -0.2) is 14.4 Å². The van der Waals surface area contributed by atoms with Crippen molar-refractivity contribution in [3.05, 3.63) is 54.1 Å². The van der Waals surface area contributed by atoms with E-state index in [1.807, 2.05) is 30.0 Å². The summed E-state index contributed by atoms with van der Waals surface area (Å²) in [7, 11) is 0. The molecule has 0 saturated heterocycles. The summed E-state index contributed by atoms with van der Waals surface area (Å²) in [6, 6.07) is 10.7. The van der Waals surface area contributed by atoms with Crippen LogP contribution in [-0.2, 0) is 6.54 Å². The molecule has 1 aliphatic rings. The Hall–Kier alpha value is -2.89. The van der Waals surface area contributed by atoms with Gasteiger partial charge in [-0.2, -0.15) is 0 Å². The van der Waals surface area contributed by atoms with Crippen molar-refractivity contribution in [2.24, 2.45) is 0 Å². The summed E-state index contributed by atoms with van der Waals surface area (Å²) in [6.07, 6.45) is 1.47. The number of halogens is 1. The van der Waals surface area contributed by atoms with Gasteiger partial charge in [0.25, 0.3) is 0 Å². The molecule has 2 heterocycles. The summed E-state index contributed by atoms with van der Waals surface area (Å²) < 4.78 is 25.1. The molecule has 0 radical (unpaired) electrons. The third-order valence-corrected chi connectivity index (χ3v) is 4.08. The molecule has 0 amide bonds. The fraction of sp³-hybridized carbons (Fsp3) is 0.222. The summed E-state index contributed by atoms with van der Waals surface area (Å²) in [6.45, 7) is 3.54. The predicted octanol–water partition coefficient (Wildman–Crippen LogP) is 3.52. The van der Waals surface area contributed by atoms with Crippen LogP contribution in [0.25, 0.3) is 10.9 Å². The number of fused-ring (bicyclic) bond motifs is 2. The fourth-order valence-corrected chi connectivity index (χ4v) is 2.89. The molecule has 0 bridgehead atoms. The molecule has 0 N–H and O–H groups in total. The third-order valence-electron chi connectivity index (χ3n) is 4.08. The van der Waals surface area contributed by atoms with Crippen LogP contribution in [0.3, 0.4) is 0 Å². The lowest BCUT2D eigenvalue weighted by atomic mass is 10.1. The molecule has 2 aromatic carbocycles. The second kappa shape index (κ2) is 5.96. The van der Waals surface area contributed by atoms with Gasteiger partial charge in [0.05, 0.1) is 10.9 Å². The predicted molar refractivity (Wildman–Crippen MR) is 88.8 cm³/mol. The SMILES string of the molecule is CCN(Cc1ccc2c(c1)OCO2)c1ncnc2cccc(F)c12. The lowest BCUT2D eigenvalue weighted by Crippen LogP contribution is -2.23. The van der Waals surface area contributed by atoms with Gasteiger partial charge in [-0.3, -0.25) is 0 Å². The van der Waals surface area contributed by atoms with Gasteiger partial charge in [-0.15, -0.1) is 0 Å². The molecule has 122 valence electrons. The van der Waals surface area contributed by atoms with Gasteiger partial charge in [-0.1, -0.05) is 12.1 Å². The van der Waals surface area contributed by atoms with E-state index in [1.54, 1.807) is 12.1 Å². The number of rotatable bonds is 4. The minimum atomic E-state index is -0.313. The van der Waals surface area contributed by atoms with Crippen LogP contribution in [0.4, 0.5) is 10.2 Å². The topological polar surface area (TPSA) is 47.5 Å². The van der Waals surface area contributed by atoms with Gasteiger partial charge in [0.2, 0.25) is 6.79 Å². The minimum absolute atomic E-state index is 0.248. The molecule has 1 aliphatic heterocycles. The first-order valence-corrected chi connectivity index (χ1v) is 7.79. The molecule has 0 spiro atoms. The summed E-state index contributed by atoms with van der Waals surface area (Å²) in [5, 5.41) is 0.447. The van der Waals surface area contributed by atoms with Crippen LogP contribution in [0.2, 0.25) is 0 Å². The smallest absolute Gasteiger partial charge is 0.231 e. The maximum Gasteiger partial charge on any atom is 0.231 e. The highest BCUT2D eigenvalue weighted by molar-refractivity contribution is 5.89. The van der Waals surface area contributed by atoms with Crippen LogP contribution < -0.4 is 14.4 Å². The molecule has 0 unspecified atom stereocenters. The number of anilines is 1. The van der Waals surface area contributed by atoms with Crippen molar-refractivity contribution < 1.29 is 13.9 Å². The second-order valence-electron chi connectivity index (χ2n) is 5.53. The van der Waals surface area contributed by atoms with Crippen LogP contribution in [0.1, 0.15) is 12.5 Å². The Morgan fingerprint density at radius 2 is 2.00 bits per heavy atom. The number of nitrogens with zero attached hydrogens (tertiary/aromatic N) is 3. The summed E-state index contributed by atoms with van der Waals surface area (Å²) >= 11 is 0. The first-order valence-electron chi connectivity index (χ1n) is 7.79. The van der Waals surface area contributed by atoms with E-state index in [2.05, 4.69) is 9.97 Å². The van der Waals surface area contributed by atoms with E-state index in [4.69, 9.17) is 9.47 Å². The summed E-state index contributed by atoms with van der Waals surface area (Å²) in [5.74, 6) is 1.77. The maximum atomic E-state index is 14.3. The van der Waals surface area contributed by atoms with Crippen molar-refractivity contribution >= 4 is 16.7 Å². The van der Waals surface area contributed by atoms with Crippen molar-refractivity contribution in [3.8, 4) is 11.5 Å². The van der Waals surface area contributed by atoms with Gasteiger partial charge in [0.15, 0.2) is 11.5 Å². The molecule has 1 aromatic heterocycles. The molecule has 6 heteroatoms. The van der Waals surface area contributed by atoms with E-state index >= 15 is 0 Å². The molecule has 0 fully saturated rings. The maximum absolute atomic E-state index is 14.3. The quantitative estimate of drug-likeness (QED) is 0.734. The van der Waals surface area contributed by atoms with E-state index in [0.29, 0.717) is 29.8 Å². The van der Waals surface area contributed by atoms with Crippen LogP contribution in [0, 0.1) is 5.82 Å². The largest absolute Gasteiger partial charge is 0.454 e. The van der Waals surface area contributed by atoms with Crippen LogP contribution in [0.15, 0.2) is 42.7 Å². The second-order valence-corrected chi connectivity index (χ2v) is 5.53. The molecule has 24 heavy (non-hydrogen) atoms. The molecular weight excluding hydrogens is 309 g/mol.